The minimum Gasteiger partial charge on any atom is -0.291 e. The molecule has 1 aliphatic carbocycles. The first-order valence-corrected chi connectivity index (χ1v) is 9.16. The Bertz CT molecular complexity index is 586. The third-order valence-electron chi connectivity index (χ3n) is 4.98. The molecule has 1 aromatic rings. The zero-order valence-electron chi connectivity index (χ0n) is 15.9. The normalized spacial score (nSPS) is 18.9. The summed E-state index contributed by atoms with van der Waals surface area (Å²) in [4.78, 5) is 2.57. The van der Waals surface area contributed by atoms with Gasteiger partial charge in [0, 0.05) is 18.6 Å². The smallest absolute Gasteiger partial charge is 0.0201 e. The van der Waals surface area contributed by atoms with Crippen LogP contribution in [0.2, 0.25) is 0 Å². The molecule has 1 aliphatic rings. The quantitative estimate of drug-likeness (QED) is 0.571. The molecule has 0 fully saturated rings. The molecule has 1 unspecified atom stereocenters. The van der Waals surface area contributed by atoms with Crippen LogP contribution in [0, 0.1) is 5.92 Å². The van der Waals surface area contributed by atoms with Crippen molar-refractivity contribution in [1.29, 1.82) is 0 Å². The van der Waals surface area contributed by atoms with Crippen LogP contribution in [0.15, 0.2) is 60.2 Å². The fourth-order valence-corrected chi connectivity index (χ4v) is 3.18. The Hall–Kier alpha value is -1.60. The van der Waals surface area contributed by atoms with Gasteiger partial charge in [-0.3, -0.25) is 4.90 Å². The van der Waals surface area contributed by atoms with Crippen molar-refractivity contribution in [3.8, 4) is 0 Å². The van der Waals surface area contributed by atoms with Gasteiger partial charge in [0.1, 0.15) is 0 Å². The second kappa shape index (κ2) is 8.48. The first-order valence-electron chi connectivity index (χ1n) is 9.16. The van der Waals surface area contributed by atoms with E-state index in [0.29, 0.717) is 5.92 Å². The molecule has 0 saturated carbocycles. The molecule has 130 valence electrons. The molecule has 0 heterocycles. The summed E-state index contributed by atoms with van der Waals surface area (Å²) in [6, 6.07) is 10.5. The lowest BCUT2D eigenvalue weighted by Gasteiger charge is -2.36. The van der Waals surface area contributed by atoms with Crippen molar-refractivity contribution in [2.24, 2.45) is 5.92 Å². The molecule has 0 radical (unpaired) electrons. The SMILES string of the molecule is C=C(C)C1CC=C(CN(C/C=C/c2ccccc2)C(C)(C)C)CC1. The number of hydrogen-bond acceptors (Lipinski definition) is 1. The number of rotatable bonds is 6. The van der Waals surface area contributed by atoms with Gasteiger partial charge in [-0.05, 0) is 58.4 Å². The van der Waals surface area contributed by atoms with Crippen molar-refractivity contribution in [3.63, 3.8) is 0 Å². The second-order valence-corrected chi connectivity index (χ2v) is 8.04. The van der Waals surface area contributed by atoms with Crippen molar-refractivity contribution >= 4 is 6.08 Å². The van der Waals surface area contributed by atoms with Crippen LogP contribution >= 0.6 is 0 Å². The zero-order valence-corrected chi connectivity index (χ0v) is 15.9. The molecule has 0 saturated heterocycles. The van der Waals surface area contributed by atoms with Crippen LogP contribution in [0.1, 0.15) is 52.5 Å². The first-order chi connectivity index (χ1) is 11.4. The van der Waals surface area contributed by atoms with Gasteiger partial charge in [0.2, 0.25) is 0 Å². The number of nitrogens with zero attached hydrogens (tertiary/aromatic N) is 1. The maximum Gasteiger partial charge on any atom is 0.0201 e. The zero-order chi connectivity index (χ0) is 17.6. The van der Waals surface area contributed by atoms with Crippen LogP contribution in [-0.4, -0.2) is 23.5 Å². The lowest BCUT2D eigenvalue weighted by molar-refractivity contribution is 0.166. The molecule has 0 aliphatic heterocycles. The fourth-order valence-electron chi connectivity index (χ4n) is 3.18. The molecular weight excluding hydrogens is 290 g/mol. The minimum atomic E-state index is 0.174. The molecule has 2 rings (SSSR count). The molecule has 0 amide bonds. The van der Waals surface area contributed by atoms with E-state index in [4.69, 9.17) is 0 Å². The lowest BCUT2D eigenvalue weighted by atomic mass is 9.85. The van der Waals surface area contributed by atoms with Gasteiger partial charge >= 0.3 is 0 Å². The van der Waals surface area contributed by atoms with Crippen LogP contribution in [0.25, 0.3) is 6.08 Å². The van der Waals surface area contributed by atoms with Gasteiger partial charge in [0.25, 0.3) is 0 Å². The van der Waals surface area contributed by atoms with E-state index in [1.54, 1.807) is 5.57 Å². The summed E-state index contributed by atoms with van der Waals surface area (Å²) in [7, 11) is 0. The van der Waals surface area contributed by atoms with Crippen molar-refractivity contribution in [1.82, 2.24) is 4.90 Å². The molecule has 1 heteroatoms. The molecule has 0 spiro atoms. The van der Waals surface area contributed by atoms with Gasteiger partial charge in [0.15, 0.2) is 0 Å². The average Bonchev–Trinajstić information content (AvgIpc) is 2.54. The lowest BCUT2D eigenvalue weighted by Crippen LogP contribution is -2.42. The largest absolute Gasteiger partial charge is 0.291 e. The highest BCUT2D eigenvalue weighted by Crippen LogP contribution is 2.29. The Labute approximate surface area is 148 Å². The summed E-state index contributed by atoms with van der Waals surface area (Å²) < 4.78 is 0. The predicted molar refractivity (Wildman–Crippen MR) is 107 cm³/mol. The van der Waals surface area contributed by atoms with E-state index in [-0.39, 0.29) is 5.54 Å². The molecular formula is C23H33N. The van der Waals surface area contributed by atoms with Crippen molar-refractivity contribution < 1.29 is 0 Å². The minimum absolute atomic E-state index is 0.174. The van der Waals surface area contributed by atoms with Gasteiger partial charge in [-0.15, -0.1) is 0 Å². The van der Waals surface area contributed by atoms with Crippen LogP contribution in [-0.2, 0) is 0 Å². The van der Waals surface area contributed by atoms with Gasteiger partial charge in [-0.25, -0.2) is 0 Å². The van der Waals surface area contributed by atoms with E-state index in [2.05, 4.69) is 87.7 Å². The number of allylic oxidation sites excluding steroid dienone is 2. The molecule has 1 atom stereocenters. The Balaban J connectivity index is 1.97. The van der Waals surface area contributed by atoms with Gasteiger partial charge in [-0.1, -0.05) is 66.3 Å². The number of hydrogen-bond donors (Lipinski definition) is 0. The predicted octanol–water partition coefficient (Wildman–Crippen LogP) is 6.10. The Morgan fingerprint density at radius 3 is 2.50 bits per heavy atom. The summed E-state index contributed by atoms with van der Waals surface area (Å²) in [5, 5.41) is 0. The summed E-state index contributed by atoms with van der Waals surface area (Å²) in [5.74, 6) is 0.690. The summed E-state index contributed by atoms with van der Waals surface area (Å²) in [5.41, 5.74) is 4.37. The van der Waals surface area contributed by atoms with E-state index >= 15 is 0 Å². The van der Waals surface area contributed by atoms with Crippen LogP contribution < -0.4 is 0 Å². The van der Waals surface area contributed by atoms with Gasteiger partial charge in [0.05, 0.1) is 0 Å². The van der Waals surface area contributed by atoms with E-state index in [1.807, 2.05) is 0 Å². The Morgan fingerprint density at radius 2 is 1.96 bits per heavy atom. The maximum absolute atomic E-state index is 4.12. The molecule has 24 heavy (non-hydrogen) atoms. The molecule has 1 aromatic carbocycles. The standard InChI is InChI=1S/C23H33N/c1-19(2)22-15-13-21(14-16-22)18-24(23(3,4)5)17-9-12-20-10-7-6-8-11-20/h6-13,22H,1,14-18H2,2-5H3/b12-9+. The van der Waals surface area contributed by atoms with Crippen molar-refractivity contribution in [2.75, 3.05) is 13.1 Å². The van der Waals surface area contributed by atoms with E-state index in [1.165, 1.54) is 30.4 Å². The maximum atomic E-state index is 4.12. The van der Waals surface area contributed by atoms with Crippen molar-refractivity contribution in [2.45, 2.75) is 52.5 Å². The highest BCUT2D eigenvalue weighted by atomic mass is 15.2. The molecule has 0 N–H and O–H groups in total. The first kappa shape index (κ1) is 18.7. The van der Waals surface area contributed by atoms with Crippen LogP contribution in [0.3, 0.4) is 0 Å². The highest BCUT2D eigenvalue weighted by Gasteiger charge is 2.23. The summed E-state index contributed by atoms with van der Waals surface area (Å²) in [6.45, 7) is 15.3. The number of benzene rings is 1. The third-order valence-corrected chi connectivity index (χ3v) is 4.98. The van der Waals surface area contributed by atoms with Crippen LogP contribution in [0.5, 0.6) is 0 Å². The van der Waals surface area contributed by atoms with Crippen molar-refractivity contribution in [3.05, 3.63) is 65.8 Å². The van der Waals surface area contributed by atoms with E-state index in [9.17, 15) is 0 Å². The van der Waals surface area contributed by atoms with Gasteiger partial charge < -0.3 is 0 Å². The van der Waals surface area contributed by atoms with E-state index in [0.717, 1.165) is 13.1 Å². The topological polar surface area (TPSA) is 3.24 Å². The monoisotopic (exact) mass is 323 g/mol. The molecule has 0 bridgehead atoms. The average molecular weight is 324 g/mol. The summed E-state index contributed by atoms with van der Waals surface area (Å²) >= 11 is 0. The highest BCUT2D eigenvalue weighted by molar-refractivity contribution is 5.48. The van der Waals surface area contributed by atoms with Gasteiger partial charge in [-0.2, -0.15) is 0 Å². The second-order valence-electron chi connectivity index (χ2n) is 8.04. The molecule has 1 nitrogen and oxygen atoms in total. The summed E-state index contributed by atoms with van der Waals surface area (Å²) in [6.07, 6.45) is 10.6. The fraction of sp³-hybridized carbons (Fsp3) is 0.478. The van der Waals surface area contributed by atoms with Crippen LogP contribution in [0.4, 0.5) is 0 Å². The third kappa shape index (κ3) is 5.79. The van der Waals surface area contributed by atoms with E-state index < -0.39 is 0 Å². The Kier molecular flexibility index (Phi) is 6.62. The molecule has 0 aromatic heterocycles. The Morgan fingerprint density at radius 1 is 1.25 bits per heavy atom.